The molecule has 6 rings (SSSR count). The highest BCUT2D eigenvalue weighted by Crippen LogP contribution is 2.37. The maximum absolute atomic E-state index is 12.7. The molecule has 2 atom stereocenters. The first kappa shape index (κ1) is 27.7. The van der Waals surface area contributed by atoms with E-state index in [0.29, 0.717) is 38.3 Å². The first-order chi connectivity index (χ1) is 20.4. The van der Waals surface area contributed by atoms with Gasteiger partial charge in [-0.1, -0.05) is 66.7 Å². The molecule has 1 amide bonds. The van der Waals surface area contributed by atoms with Gasteiger partial charge in [0, 0.05) is 49.1 Å². The number of benzene rings is 3. The number of hydrogen-bond acceptors (Lipinski definition) is 7. The van der Waals surface area contributed by atoms with E-state index in [4.69, 9.17) is 9.97 Å². The Bertz CT molecular complexity index is 1700. The van der Waals surface area contributed by atoms with Crippen molar-refractivity contribution in [1.29, 1.82) is 5.26 Å². The highest BCUT2D eigenvalue weighted by molar-refractivity contribution is 7.84. The number of carboxylic acid groups (broad SMARTS) is 1. The lowest BCUT2D eigenvalue weighted by atomic mass is 9.83. The van der Waals surface area contributed by atoms with Crippen LogP contribution < -0.4 is 9.80 Å². The van der Waals surface area contributed by atoms with E-state index in [-0.39, 0.29) is 18.1 Å². The zero-order valence-electron chi connectivity index (χ0n) is 23.4. The third-order valence-electron chi connectivity index (χ3n) is 8.35. The Hall–Kier alpha value is -4.49. The number of piperazine rings is 1. The van der Waals surface area contributed by atoms with Gasteiger partial charge < -0.3 is 14.9 Å². The minimum absolute atomic E-state index is 0.0411. The molecule has 0 bridgehead atoms. The summed E-state index contributed by atoms with van der Waals surface area (Å²) in [5, 5.41) is 22.7. The molecule has 0 aliphatic carbocycles. The van der Waals surface area contributed by atoms with Crippen LogP contribution in [0.15, 0.2) is 78.0 Å². The number of anilines is 2. The number of nitrogens with zero attached hydrogens (tertiary/aromatic N) is 6. The van der Waals surface area contributed by atoms with Crippen LogP contribution >= 0.6 is 0 Å². The summed E-state index contributed by atoms with van der Waals surface area (Å²) in [6.07, 6.45) is 1.67. The van der Waals surface area contributed by atoms with E-state index >= 15 is 0 Å². The first-order valence-corrected chi connectivity index (χ1v) is 15.6. The predicted octanol–water partition coefficient (Wildman–Crippen LogP) is 4.63. The first-order valence-electron chi connectivity index (χ1n) is 14.0. The summed E-state index contributed by atoms with van der Waals surface area (Å²) in [4.78, 5) is 27.8. The summed E-state index contributed by atoms with van der Waals surface area (Å²) in [6, 6.07) is 26.6. The minimum Gasteiger partial charge on any atom is -0.465 e. The van der Waals surface area contributed by atoms with Gasteiger partial charge in [0.1, 0.15) is 5.82 Å². The molecule has 1 unspecified atom stereocenters. The Kier molecular flexibility index (Phi) is 7.52. The largest absolute Gasteiger partial charge is 0.465 e. The highest BCUT2D eigenvalue weighted by Gasteiger charge is 2.45. The van der Waals surface area contributed by atoms with Crippen LogP contribution in [0.4, 0.5) is 16.3 Å². The molecular weight excluding hydrogens is 548 g/mol. The molecule has 9 nitrogen and oxygen atoms in total. The normalized spacial score (nSPS) is 19.3. The summed E-state index contributed by atoms with van der Waals surface area (Å²) >= 11 is 0. The van der Waals surface area contributed by atoms with Crippen LogP contribution in [0.25, 0.3) is 10.8 Å². The molecule has 1 aromatic heterocycles. The SMILES string of the molecule is CS(=O)c1nc2c(c(N3CCN(C(=O)O)[C@](CC#N)(Cc4ccccc4)C3)n1)CCN(c1cccc3ccccc13)C2. The standard InChI is InChI=1S/C32H32N6O3S/c1-42(41)30-34-27-21-36(28-13-7-11-24-10-5-6-12-25(24)28)17-14-26(27)29(35-30)37-18-19-38(31(39)40)32(22-37,15-16-33)20-23-8-3-2-4-9-23/h2-13H,14-15,17-22H2,1H3,(H,39,40)/t32-,42?/m1/s1. The Morgan fingerprint density at radius 3 is 2.52 bits per heavy atom. The Labute approximate surface area is 247 Å². The van der Waals surface area contributed by atoms with Gasteiger partial charge in [0.15, 0.2) is 0 Å². The van der Waals surface area contributed by atoms with Gasteiger partial charge in [-0.15, -0.1) is 0 Å². The Balaban J connectivity index is 1.39. The van der Waals surface area contributed by atoms with Gasteiger partial charge in [0.25, 0.3) is 0 Å². The number of fused-ring (bicyclic) bond motifs is 2. The van der Waals surface area contributed by atoms with E-state index < -0.39 is 22.4 Å². The molecule has 2 aliphatic heterocycles. The van der Waals surface area contributed by atoms with Crippen LogP contribution in [-0.2, 0) is 30.2 Å². The van der Waals surface area contributed by atoms with Crippen molar-refractivity contribution < 1.29 is 14.1 Å². The number of aromatic nitrogens is 2. The van der Waals surface area contributed by atoms with Crippen molar-refractivity contribution in [2.24, 2.45) is 0 Å². The van der Waals surface area contributed by atoms with Crippen molar-refractivity contribution in [1.82, 2.24) is 14.9 Å². The van der Waals surface area contributed by atoms with Gasteiger partial charge in [-0.3, -0.25) is 9.11 Å². The second kappa shape index (κ2) is 11.4. The molecule has 0 radical (unpaired) electrons. The van der Waals surface area contributed by atoms with E-state index in [2.05, 4.69) is 46.2 Å². The van der Waals surface area contributed by atoms with Crippen molar-refractivity contribution in [2.45, 2.75) is 36.5 Å². The van der Waals surface area contributed by atoms with Crippen LogP contribution in [0.3, 0.4) is 0 Å². The maximum Gasteiger partial charge on any atom is 0.407 e. The number of amides is 1. The van der Waals surface area contributed by atoms with Gasteiger partial charge in [-0.05, 0) is 29.9 Å². The molecule has 10 heteroatoms. The Morgan fingerprint density at radius 2 is 1.76 bits per heavy atom. The summed E-state index contributed by atoms with van der Waals surface area (Å²) < 4.78 is 12.7. The molecule has 214 valence electrons. The molecule has 1 fully saturated rings. The molecule has 4 aromatic rings. The second-order valence-electron chi connectivity index (χ2n) is 11.0. The minimum atomic E-state index is -1.41. The molecule has 1 N–H and O–H groups in total. The summed E-state index contributed by atoms with van der Waals surface area (Å²) in [5.41, 5.74) is 2.96. The molecule has 3 aromatic carbocycles. The van der Waals surface area contributed by atoms with Crippen LogP contribution in [0.5, 0.6) is 0 Å². The van der Waals surface area contributed by atoms with Crippen molar-refractivity contribution in [3.05, 3.63) is 89.6 Å². The van der Waals surface area contributed by atoms with Gasteiger partial charge in [-0.2, -0.15) is 5.26 Å². The van der Waals surface area contributed by atoms with E-state index in [1.54, 1.807) is 6.26 Å². The zero-order valence-corrected chi connectivity index (χ0v) is 24.3. The zero-order chi connectivity index (χ0) is 29.3. The fourth-order valence-electron chi connectivity index (χ4n) is 6.41. The third-order valence-corrected chi connectivity index (χ3v) is 9.05. The molecule has 0 saturated carbocycles. The topological polar surface area (TPSA) is 114 Å². The third kappa shape index (κ3) is 5.16. The Morgan fingerprint density at radius 1 is 1.00 bits per heavy atom. The highest BCUT2D eigenvalue weighted by atomic mass is 32.2. The van der Waals surface area contributed by atoms with Crippen LogP contribution in [-0.4, -0.2) is 68.3 Å². The summed E-state index contributed by atoms with van der Waals surface area (Å²) in [5.74, 6) is 0.697. The van der Waals surface area contributed by atoms with Gasteiger partial charge >= 0.3 is 6.09 Å². The van der Waals surface area contributed by atoms with E-state index in [1.807, 2.05) is 42.5 Å². The van der Waals surface area contributed by atoms with Crippen molar-refractivity contribution in [3.63, 3.8) is 0 Å². The lowest BCUT2D eigenvalue weighted by molar-refractivity contribution is 0.0668. The van der Waals surface area contributed by atoms with E-state index in [1.165, 1.54) is 15.7 Å². The van der Waals surface area contributed by atoms with Gasteiger partial charge in [0.2, 0.25) is 5.16 Å². The molecule has 42 heavy (non-hydrogen) atoms. The number of carbonyl (C=O) groups is 1. The van der Waals surface area contributed by atoms with Gasteiger partial charge in [-0.25, -0.2) is 14.8 Å². The molecule has 3 heterocycles. The monoisotopic (exact) mass is 580 g/mol. The smallest absolute Gasteiger partial charge is 0.407 e. The average molecular weight is 581 g/mol. The van der Waals surface area contributed by atoms with Crippen molar-refractivity contribution in [3.8, 4) is 6.07 Å². The fourth-order valence-corrected chi connectivity index (χ4v) is 6.87. The van der Waals surface area contributed by atoms with E-state index in [0.717, 1.165) is 29.1 Å². The number of hydrogen-bond donors (Lipinski definition) is 1. The quantitative estimate of drug-likeness (QED) is 0.329. The summed E-state index contributed by atoms with van der Waals surface area (Å²) in [7, 11) is -1.41. The van der Waals surface area contributed by atoms with E-state index in [9.17, 15) is 19.4 Å². The van der Waals surface area contributed by atoms with Crippen LogP contribution in [0, 0.1) is 11.3 Å². The average Bonchev–Trinajstić information content (AvgIpc) is 3.00. The molecule has 0 spiro atoms. The maximum atomic E-state index is 12.7. The molecule has 2 aliphatic rings. The van der Waals surface area contributed by atoms with Crippen molar-refractivity contribution >= 4 is 39.2 Å². The van der Waals surface area contributed by atoms with Gasteiger partial charge in [0.05, 0.1) is 41.1 Å². The number of rotatable bonds is 6. The molecule has 1 saturated heterocycles. The van der Waals surface area contributed by atoms with Crippen LogP contribution in [0.1, 0.15) is 23.2 Å². The lowest BCUT2D eigenvalue weighted by Gasteiger charge is -2.49. The second-order valence-corrected chi connectivity index (χ2v) is 12.2. The fraction of sp³-hybridized carbons (Fsp3) is 0.312. The lowest BCUT2D eigenvalue weighted by Crippen LogP contribution is -2.65. The van der Waals surface area contributed by atoms with Crippen molar-refractivity contribution in [2.75, 3.05) is 42.2 Å². The number of nitriles is 1. The van der Waals surface area contributed by atoms with Crippen LogP contribution in [0.2, 0.25) is 0 Å². The molecular formula is C32H32N6O3S. The predicted molar refractivity (Wildman–Crippen MR) is 163 cm³/mol. The summed E-state index contributed by atoms with van der Waals surface area (Å²) in [6.45, 7) is 2.25.